The van der Waals surface area contributed by atoms with Crippen LogP contribution in [0.2, 0.25) is 0 Å². The summed E-state index contributed by atoms with van der Waals surface area (Å²) in [6.07, 6.45) is 0. The first kappa shape index (κ1) is 14.5. The van der Waals surface area contributed by atoms with Crippen LogP contribution in [-0.2, 0) is 0 Å². The third-order valence-corrected chi connectivity index (χ3v) is 3.56. The Balaban J connectivity index is 2.56. The lowest BCUT2D eigenvalue weighted by molar-refractivity contribution is 0.407. The van der Waals surface area contributed by atoms with Crippen LogP contribution in [0.15, 0.2) is 54.6 Å². The molecule has 100 valence electrons. The number of methoxy groups -OCH3 is 1. The molecule has 0 aliphatic carbocycles. The van der Waals surface area contributed by atoms with Gasteiger partial charge in [0.25, 0.3) is 0 Å². The Hall–Kier alpha value is -0.890. The summed E-state index contributed by atoms with van der Waals surface area (Å²) in [5.41, 5.74) is 1.79. The lowest BCUT2D eigenvalue weighted by Crippen LogP contribution is -2.19. The van der Waals surface area contributed by atoms with Crippen molar-refractivity contribution in [2.75, 3.05) is 7.11 Å². The molecule has 0 radical (unpaired) electrons. The van der Waals surface area contributed by atoms with Gasteiger partial charge in [-0.1, -0.05) is 83.3 Å². The molecule has 1 atom stereocenters. The fourth-order valence-electron chi connectivity index (χ4n) is 2.10. The highest BCUT2D eigenvalue weighted by molar-refractivity contribution is 6.68. The highest BCUT2D eigenvalue weighted by Crippen LogP contribution is 2.47. The van der Waals surface area contributed by atoms with E-state index in [9.17, 15) is 0 Å². The van der Waals surface area contributed by atoms with E-state index in [0.29, 0.717) is 5.75 Å². The summed E-state index contributed by atoms with van der Waals surface area (Å²) < 4.78 is 3.92. The summed E-state index contributed by atoms with van der Waals surface area (Å²) in [5.74, 6) is 0.331. The fraction of sp³-hybridized carbons (Fsp3) is 0.200. The van der Waals surface area contributed by atoms with E-state index < -0.39 is 3.79 Å². The molecule has 0 aromatic heterocycles. The van der Waals surface area contributed by atoms with E-state index in [1.54, 1.807) is 7.11 Å². The van der Waals surface area contributed by atoms with Crippen molar-refractivity contribution >= 4 is 34.8 Å². The second kappa shape index (κ2) is 6.04. The molecule has 0 spiro atoms. The first-order valence-corrected chi connectivity index (χ1v) is 6.92. The zero-order valence-corrected chi connectivity index (χ0v) is 12.6. The number of para-hydroxylation sites is 1. The average Bonchev–Trinajstić information content (AvgIpc) is 2.39. The fourth-order valence-corrected chi connectivity index (χ4v) is 2.83. The Labute approximate surface area is 128 Å². The normalized spacial score (nSPS) is 13.1. The number of alkyl halides is 3. The van der Waals surface area contributed by atoms with Gasteiger partial charge in [-0.25, -0.2) is 0 Å². The van der Waals surface area contributed by atoms with Crippen LogP contribution in [0.4, 0.5) is 0 Å². The summed E-state index contributed by atoms with van der Waals surface area (Å²) in [6, 6.07) is 17.2. The lowest BCUT2D eigenvalue weighted by Gasteiger charge is -2.26. The SMILES string of the molecule is COc1ccccc1[C@H](c1ccccc1)C(Cl)(Cl)Cl. The summed E-state index contributed by atoms with van der Waals surface area (Å²) in [5, 5.41) is 0. The third kappa shape index (κ3) is 3.36. The smallest absolute Gasteiger partial charge is 0.201 e. The molecule has 2 aromatic carbocycles. The predicted octanol–water partition coefficient (Wildman–Crippen LogP) is 5.20. The predicted molar refractivity (Wildman–Crippen MR) is 81.6 cm³/mol. The van der Waals surface area contributed by atoms with Gasteiger partial charge in [0, 0.05) is 5.56 Å². The minimum atomic E-state index is -1.45. The van der Waals surface area contributed by atoms with Crippen molar-refractivity contribution < 1.29 is 4.74 Å². The van der Waals surface area contributed by atoms with E-state index in [4.69, 9.17) is 39.5 Å². The van der Waals surface area contributed by atoms with Gasteiger partial charge < -0.3 is 4.74 Å². The van der Waals surface area contributed by atoms with Gasteiger partial charge in [0.15, 0.2) is 0 Å². The van der Waals surface area contributed by atoms with Crippen molar-refractivity contribution in [3.8, 4) is 5.75 Å². The van der Waals surface area contributed by atoms with E-state index in [1.807, 2.05) is 54.6 Å². The van der Waals surface area contributed by atoms with Crippen molar-refractivity contribution in [3.05, 3.63) is 65.7 Å². The Morgan fingerprint density at radius 2 is 1.47 bits per heavy atom. The first-order valence-electron chi connectivity index (χ1n) is 5.78. The van der Waals surface area contributed by atoms with Crippen LogP contribution in [0, 0.1) is 0 Å². The Bertz CT molecular complexity index is 535. The van der Waals surface area contributed by atoms with Gasteiger partial charge in [-0.2, -0.15) is 0 Å². The quantitative estimate of drug-likeness (QED) is 0.708. The molecule has 0 saturated carbocycles. The van der Waals surface area contributed by atoms with Crippen LogP contribution < -0.4 is 4.74 Å². The van der Waals surface area contributed by atoms with E-state index >= 15 is 0 Å². The maximum absolute atomic E-state index is 6.17. The third-order valence-electron chi connectivity index (χ3n) is 2.91. The average molecular weight is 316 g/mol. The van der Waals surface area contributed by atoms with Crippen molar-refractivity contribution in [2.45, 2.75) is 9.71 Å². The van der Waals surface area contributed by atoms with Gasteiger partial charge >= 0.3 is 0 Å². The van der Waals surface area contributed by atoms with Crippen LogP contribution in [0.25, 0.3) is 0 Å². The molecular weight excluding hydrogens is 303 g/mol. The monoisotopic (exact) mass is 314 g/mol. The minimum Gasteiger partial charge on any atom is -0.496 e. The van der Waals surface area contributed by atoms with Crippen molar-refractivity contribution in [2.24, 2.45) is 0 Å². The molecule has 0 N–H and O–H groups in total. The van der Waals surface area contributed by atoms with Crippen LogP contribution in [-0.4, -0.2) is 10.9 Å². The number of benzene rings is 2. The highest BCUT2D eigenvalue weighted by atomic mass is 35.6. The summed E-state index contributed by atoms with van der Waals surface area (Å²) >= 11 is 18.5. The summed E-state index contributed by atoms with van der Waals surface area (Å²) in [4.78, 5) is 0. The number of halogens is 3. The number of ether oxygens (including phenoxy) is 1. The van der Waals surface area contributed by atoms with Crippen LogP contribution in [0.5, 0.6) is 5.75 Å². The van der Waals surface area contributed by atoms with E-state index in [0.717, 1.165) is 11.1 Å². The standard InChI is InChI=1S/C15H13Cl3O/c1-19-13-10-6-5-9-12(13)14(15(16,17)18)11-7-3-2-4-8-11/h2-10,14H,1H3/t14-/m0/s1. The van der Waals surface area contributed by atoms with Gasteiger partial charge in [-0.3, -0.25) is 0 Å². The molecule has 0 saturated heterocycles. The molecule has 2 rings (SSSR count). The van der Waals surface area contributed by atoms with Crippen LogP contribution in [0.3, 0.4) is 0 Å². The van der Waals surface area contributed by atoms with Crippen LogP contribution in [0.1, 0.15) is 17.0 Å². The highest BCUT2D eigenvalue weighted by Gasteiger charge is 2.36. The molecular formula is C15H13Cl3O. The maximum atomic E-state index is 6.17. The second-order valence-electron chi connectivity index (χ2n) is 4.13. The van der Waals surface area contributed by atoms with Gasteiger partial charge in [0.1, 0.15) is 5.75 Å². The van der Waals surface area contributed by atoms with E-state index in [2.05, 4.69) is 0 Å². The Morgan fingerprint density at radius 3 is 2.05 bits per heavy atom. The number of rotatable bonds is 3. The van der Waals surface area contributed by atoms with Gasteiger partial charge in [0.2, 0.25) is 3.79 Å². The first-order chi connectivity index (χ1) is 9.04. The van der Waals surface area contributed by atoms with Crippen molar-refractivity contribution in [1.82, 2.24) is 0 Å². The van der Waals surface area contributed by atoms with Crippen molar-refractivity contribution in [3.63, 3.8) is 0 Å². The van der Waals surface area contributed by atoms with Gasteiger partial charge in [-0.15, -0.1) is 0 Å². The summed E-state index contributed by atoms with van der Waals surface area (Å²) in [7, 11) is 1.61. The second-order valence-corrected chi connectivity index (χ2v) is 6.50. The topological polar surface area (TPSA) is 9.23 Å². The Morgan fingerprint density at radius 1 is 0.895 bits per heavy atom. The maximum Gasteiger partial charge on any atom is 0.201 e. The Kier molecular flexibility index (Phi) is 4.62. The molecule has 0 amide bonds. The molecule has 0 unspecified atom stereocenters. The molecule has 0 bridgehead atoms. The molecule has 0 aliphatic heterocycles. The van der Waals surface area contributed by atoms with Gasteiger partial charge in [-0.05, 0) is 11.6 Å². The molecule has 19 heavy (non-hydrogen) atoms. The molecule has 0 aliphatic rings. The summed E-state index contributed by atoms with van der Waals surface area (Å²) in [6.45, 7) is 0. The molecule has 1 nitrogen and oxygen atoms in total. The number of hydrogen-bond donors (Lipinski definition) is 0. The van der Waals surface area contributed by atoms with E-state index in [1.165, 1.54) is 0 Å². The molecule has 0 fully saturated rings. The van der Waals surface area contributed by atoms with Crippen LogP contribution >= 0.6 is 34.8 Å². The zero-order chi connectivity index (χ0) is 13.9. The molecule has 2 aromatic rings. The van der Waals surface area contributed by atoms with E-state index in [-0.39, 0.29) is 5.92 Å². The molecule has 4 heteroatoms. The largest absolute Gasteiger partial charge is 0.496 e. The van der Waals surface area contributed by atoms with Gasteiger partial charge in [0.05, 0.1) is 13.0 Å². The minimum absolute atomic E-state index is 0.380. The lowest BCUT2D eigenvalue weighted by atomic mass is 9.92. The zero-order valence-electron chi connectivity index (χ0n) is 10.3. The number of hydrogen-bond acceptors (Lipinski definition) is 1. The van der Waals surface area contributed by atoms with Crippen molar-refractivity contribution in [1.29, 1.82) is 0 Å². The molecule has 0 heterocycles.